The number of nitrogens with zero attached hydrogens (tertiary/aromatic N) is 3. The van der Waals surface area contributed by atoms with Gasteiger partial charge in [0, 0.05) is 5.56 Å². The fourth-order valence-electron chi connectivity index (χ4n) is 1.41. The minimum Gasteiger partial charge on any atom is -0.368 e. The summed E-state index contributed by atoms with van der Waals surface area (Å²) in [5.41, 5.74) is 10.9. The molecule has 0 saturated heterocycles. The van der Waals surface area contributed by atoms with Crippen molar-refractivity contribution in [2.45, 2.75) is 4.90 Å². The Bertz CT molecular complexity index is 681. The van der Waals surface area contributed by atoms with Gasteiger partial charge in [0.15, 0.2) is 5.82 Å². The second-order valence-corrected chi connectivity index (χ2v) is 4.74. The van der Waals surface area contributed by atoms with Crippen LogP contribution in [0.15, 0.2) is 29.2 Å². The molecule has 0 spiro atoms. The van der Waals surface area contributed by atoms with Crippen molar-refractivity contribution >= 4 is 22.0 Å². The number of nitrogen functional groups attached to an aromatic ring is 2. The Morgan fingerprint density at radius 1 is 1.00 bits per heavy atom. The van der Waals surface area contributed by atoms with E-state index in [2.05, 4.69) is 15.0 Å². The summed E-state index contributed by atoms with van der Waals surface area (Å²) < 4.78 is 31.5. The normalized spacial score (nSPS) is 11.4. The third kappa shape index (κ3) is 2.36. The van der Waals surface area contributed by atoms with Gasteiger partial charge in [-0.2, -0.15) is 23.4 Å². The van der Waals surface area contributed by atoms with Gasteiger partial charge in [0.2, 0.25) is 11.9 Å². The first-order valence-corrected chi connectivity index (χ1v) is 6.16. The Labute approximate surface area is 102 Å². The molecule has 2 aromatic rings. The lowest BCUT2D eigenvalue weighted by atomic mass is 10.2. The molecule has 0 unspecified atom stereocenters. The van der Waals surface area contributed by atoms with E-state index in [9.17, 15) is 8.42 Å². The second kappa shape index (κ2) is 4.20. The number of aromatic nitrogens is 3. The van der Waals surface area contributed by atoms with Gasteiger partial charge >= 0.3 is 0 Å². The van der Waals surface area contributed by atoms with E-state index in [1.807, 2.05) is 0 Å². The molecule has 18 heavy (non-hydrogen) atoms. The highest BCUT2D eigenvalue weighted by atomic mass is 32.2. The van der Waals surface area contributed by atoms with E-state index >= 15 is 0 Å². The molecule has 0 saturated carbocycles. The predicted molar refractivity (Wildman–Crippen MR) is 63.9 cm³/mol. The van der Waals surface area contributed by atoms with Gasteiger partial charge in [-0.25, -0.2) is 0 Å². The van der Waals surface area contributed by atoms with Crippen LogP contribution < -0.4 is 11.5 Å². The first-order valence-electron chi connectivity index (χ1n) is 4.72. The Balaban J connectivity index is 2.72. The molecular weight excluding hydrogens is 258 g/mol. The molecule has 0 amide bonds. The van der Waals surface area contributed by atoms with E-state index in [4.69, 9.17) is 16.0 Å². The molecule has 1 aromatic heterocycles. The summed E-state index contributed by atoms with van der Waals surface area (Å²) in [4.78, 5) is 10.8. The van der Waals surface area contributed by atoms with Gasteiger partial charge in [-0.15, -0.1) is 0 Å². The maximum absolute atomic E-state index is 11.2. The van der Waals surface area contributed by atoms with Crippen LogP contribution in [0.2, 0.25) is 0 Å². The minimum absolute atomic E-state index is 0.0202. The van der Waals surface area contributed by atoms with Crippen LogP contribution in [0, 0.1) is 0 Å². The molecule has 0 aliphatic carbocycles. The number of anilines is 2. The van der Waals surface area contributed by atoms with Gasteiger partial charge in [0.05, 0.1) is 0 Å². The van der Waals surface area contributed by atoms with Crippen molar-refractivity contribution in [3.05, 3.63) is 24.3 Å². The molecule has 94 valence electrons. The van der Waals surface area contributed by atoms with Gasteiger partial charge in [-0.1, -0.05) is 12.1 Å². The number of nitrogens with two attached hydrogens (primary N) is 2. The first kappa shape index (κ1) is 12.2. The van der Waals surface area contributed by atoms with Gasteiger partial charge in [0.25, 0.3) is 10.1 Å². The average molecular weight is 267 g/mol. The molecule has 0 aliphatic heterocycles. The molecule has 1 aromatic carbocycles. The summed E-state index contributed by atoms with van der Waals surface area (Å²) in [6, 6.07) is 5.68. The Morgan fingerprint density at radius 2 is 1.56 bits per heavy atom. The van der Waals surface area contributed by atoms with E-state index < -0.39 is 10.1 Å². The van der Waals surface area contributed by atoms with Crippen molar-refractivity contribution in [3.8, 4) is 11.4 Å². The maximum atomic E-state index is 11.2. The molecule has 0 bridgehead atoms. The topological polar surface area (TPSA) is 145 Å². The smallest absolute Gasteiger partial charge is 0.295 e. The quantitative estimate of drug-likeness (QED) is 0.642. The van der Waals surface area contributed by atoms with E-state index in [1.54, 1.807) is 6.07 Å². The number of benzene rings is 1. The lowest BCUT2D eigenvalue weighted by Crippen LogP contribution is -2.07. The first-order chi connectivity index (χ1) is 8.38. The van der Waals surface area contributed by atoms with Gasteiger partial charge < -0.3 is 11.5 Å². The van der Waals surface area contributed by atoms with E-state index in [0.29, 0.717) is 0 Å². The fourth-order valence-corrected chi connectivity index (χ4v) is 2.09. The Morgan fingerprint density at radius 3 is 2.11 bits per heavy atom. The highest BCUT2D eigenvalue weighted by Crippen LogP contribution is 2.24. The van der Waals surface area contributed by atoms with Crippen LogP contribution in [0.4, 0.5) is 11.9 Å². The predicted octanol–water partition coefficient (Wildman–Crippen LogP) is -0.0503. The summed E-state index contributed by atoms with van der Waals surface area (Å²) in [7, 11) is -4.39. The van der Waals surface area contributed by atoms with Crippen molar-refractivity contribution in [2.75, 3.05) is 11.5 Å². The van der Waals surface area contributed by atoms with Gasteiger partial charge in [0.1, 0.15) is 4.90 Å². The molecule has 0 fully saturated rings. The monoisotopic (exact) mass is 267 g/mol. The lowest BCUT2D eigenvalue weighted by molar-refractivity contribution is 0.483. The van der Waals surface area contributed by atoms with E-state index in [0.717, 1.165) is 0 Å². The summed E-state index contributed by atoms with van der Waals surface area (Å²) in [5.74, 6) is -0.293. The maximum Gasteiger partial charge on any atom is 0.295 e. The molecule has 2 rings (SSSR count). The second-order valence-electron chi connectivity index (χ2n) is 3.35. The molecule has 1 heterocycles. The Hall–Kier alpha value is -2.26. The average Bonchev–Trinajstić information content (AvgIpc) is 2.26. The van der Waals surface area contributed by atoms with Crippen molar-refractivity contribution in [1.82, 2.24) is 15.0 Å². The highest BCUT2D eigenvalue weighted by Gasteiger charge is 2.18. The molecule has 5 N–H and O–H groups in total. The van der Waals surface area contributed by atoms with Crippen molar-refractivity contribution in [1.29, 1.82) is 0 Å². The molecule has 0 atom stereocenters. The van der Waals surface area contributed by atoms with Crippen LogP contribution in [0.3, 0.4) is 0 Å². The zero-order valence-electron chi connectivity index (χ0n) is 8.98. The molecular formula is C9H9N5O3S. The van der Waals surface area contributed by atoms with Crippen molar-refractivity contribution in [3.63, 3.8) is 0 Å². The fraction of sp³-hybridized carbons (Fsp3) is 0. The van der Waals surface area contributed by atoms with Crippen LogP contribution in [-0.2, 0) is 10.1 Å². The van der Waals surface area contributed by atoms with Gasteiger partial charge in [-0.3, -0.25) is 4.55 Å². The standard InChI is InChI=1S/C9H9N5O3S/c10-8-12-7(13-9(11)14-8)5-3-1-2-4-6(5)18(15,16)17/h1-4H,(H,15,16,17)(H4,10,11,12,13,14). The summed E-state index contributed by atoms with van der Waals surface area (Å²) >= 11 is 0. The van der Waals surface area contributed by atoms with Crippen LogP contribution in [-0.4, -0.2) is 27.9 Å². The van der Waals surface area contributed by atoms with Crippen LogP contribution >= 0.6 is 0 Å². The molecule has 9 heteroatoms. The van der Waals surface area contributed by atoms with Crippen molar-refractivity contribution in [2.24, 2.45) is 0 Å². The number of hydrogen-bond acceptors (Lipinski definition) is 7. The minimum atomic E-state index is -4.39. The number of hydrogen-bond donors (Lipinski definition) is 3. The lowest BCUT2D eigenvalue weighted by Gasteiger charge is -2.06. The zero-order valence-corrected chi connectivity index (χ0v) is 9.79. The third-order valence-electron chi connectivity index (χ3n) is 2.08. The molecule has 0 aliphatic rings. The van der Waals surface area contributed by atoms with Gasteiger partial charge in [-0.05, 0) is 12.1 Å². The SMILES string of the molecule is Nc1nc(N)nc(-c2ccccc2S(=O)(=O)O)n1. The van der Waals surface area contributed by atoms with Crippen LogP contribution in [0.5, 0.6) is 0 Å². The zero-order chi connectivity index (χ0) is 13.3. The Kier molecular flexibility index (Phi) is 2.85. The van der Waals surface area contributed by atoms with Crippen LogP contribution in [0.25, 0.3) is 11.4 Å². The van der Waals surface area contributed by atoms with Crippen LogP contribution in [0.1, 0.15) is 0 Å². The summed E-state index contributed by atoms with van der Waals surface area (Å²) in [5, 5.41) is 0. The summed E-state index contributed by atoms with van der Waals surface area (Å²) in [6.45, 7) is 0. The van der Waals surface area contributed by atoms with Crippen molar-refractivity contribution < 1.29 is 13.0 Å². The molecule has 8 nitrogen and oxygen atoms in total. The largest absolute Gasteiger partial charge is 0.368 e. The third-order valence-corrected chi connectivity index (χ3v) is 2.99. The van der Waals surface area contributed by atoms with E-state index in [-0.39, 0.29) is 28.2 Å². The summed E-state index contributed by atoms with van der Waals surface area (Å²) in [6.07, 6.45) is 0. The molecule has 0 radical (unpaired) electrons. The van der Waals surface area contributed by atoms with E-state index in [1.165, 1.54) is 18.2 Å². The highest BCUT2D eigenvalue weighted by molar-refractivity contribution is 7.86. The number of rotatable bonds is 2.